The van der Waals surface area contributed by atoms with Crippen LogP contribution in [0, 0.1) is 0 Å². The molecule has 1 N–H and O–H groups in total. The first kappa shape index (κ1) is 16.8. The number of benzene rings is 2. The van der Waals surface area contributed by atoms with E-state index in [0.29, 0.717) is 6.16 Å². The van der Waals surface area contributed by atoms with Crippen LogP contribution >= 0.6 is 7.92 Å². The second-order valence-electron chi connectivity index (χ2n) is 5.56. The number of rotatable bonds is 6. The lowest BCUT2D eigenvalue weighted by Crippen LogP contribution is -2.30. The average Bonchev–Trinajstić information content (AvgIpc) is 2.54. The van der Waals surface area contributed by atoms with E-state index in [2.05, 4.69) is 13.3 Å². The molecule has 0 fully saturated rings. The molecule has 3 nitrogen and oxygen atoms in total. The van der Waals surface area contributed by atoms with Crippen molar-refractivity contribution in [1.82, 2.24) is 0 Å². The zero-order valence-electron chi connectivity index (χ0n) is 13.5. The van der Waals surface area contributed by atoms with Gasteiger partial charge in [0.2, 0.25) is 0 Å². The number of hydrogen-bond acceptors (Lipinski definition) is 3. The Labute approximate surface area is 133 Å². The molecule has 2 aromatic carbocycles. The van der Waals surface area contributed by atoms with E-state index in [1.165, 1.54) is 0 Å². The third-order valence-corrected chi connectivity index (χ3v) is 4.77. The molecule has 4 heteroatoms. The highest BCUT2D eigenvalue weighted by molar-refractivity contribution is 7.56. The maximum atomic E-state index is 11.4. The first-order valence-corrected chi connectivity index (χ1v) is 9.58. The minimum absolute atomic E-state index is 0.271. The average molecular weight is 318 g/mol. The lowest BCUT2D eigenvalue weighted by atomic mass is 9.88. The molecule has 2 rings (SSSR count). The Hall–Kier alpha value is -1.57. The van der Waals surface area contributed by atoms with Crippen LogP contribution in [0.15, 0.2) is 48.5 Å². The van der Waals surface area contributed by atoms with Crippen molar-refractivity contribution < 1.29 is 14.6 Å². The summed E-state index contributed by atoms with van der Waals surface area (Å²) in [6.07, 6.45) is 0.709. The molecule has 0 radical (unpaired) electrons. The molecule has 2 aromatic rings. The van der Waals surface area contributed by atoms with Crippen LogP contribution in [-0.2, 0) is 5.60 Å². The predicted octanol–water partition coefficient (Wildman–Crippen LogP) is 3.68. The molecular weight excluding hydrogens is 295 g/mol. The minimum Gasteiger partial charge on any atom is -0.497 e. The Morgan fingerprint density at radius 1 is 0.818 bits per heavy atom. The summed E-state index contributed by atoms with van der Waals surface area (Å²) >= 11 is 0. The lowest BCUT2D eigenvalue weighted by molar-refractivity contribution is 0.106. The van der Waals surface area contributed by atoms with E-state index in [9.17, 15) is 5.11 Å². The normalized spacial score (nSPS) is 11.5. The predicted molar refractivity (Wildman–Crippen MR) is 92.6 cm³/mol. The van der Waals surface area contributed by atoms with Crippen LogP contribution in [0.2, 0.25) is 0 Å². The summed E-state index contributed by atoms with van der Waals surface area (Å²) in [7, 11) is 3.01. The summed E-state index contributed by atoms with van der Waals surface area (Å²) in [5.41, 5.74) is 0.776. The highest BCUT2D eigenvalue weighted by atomic mass is 31.1. The van der Waals surface area contributed by atoms with Crippen LogP contribution in [0.1, 0.15) is 11.1 Å². The van der Waals surface area contributed by atoms with Crippen LogP contribution in [0.4, 0.5) is 0 Å². The fourth-order valence-electron chi connectivity index (χ4n) is 2.54. The van der Waals surface area contributed by atoms with Crippen molar-refractivity contribution in [3.8, 4) is 11.5 Å². The van der Waals surface area contributed by atoms with Crippen LogP contribution in [0.3, 0.4) is 0 Å². The molecule has 0 saturated heterocycles. The SMILES string of the molecule is COc1ccc(C(O)(CP(C)C)c2ccc(OC)cc2)cc1. The molecule has 0 saturated carbocycles. The van der Waals surface area contributed by atoms with Crippen molar-refractivity contribution in [1.29, 1.82) is 0 Å². The molecule has 0 bridgehead atoms. The summed E-state index contributed by atoms with van der Waals surface area (Å²) in [5, 5.41) is 11.4. The second-order valence-corrected chi connectivity index (χ2v) is 8.03. The van der Waals surface area contributed by atoms with Gasteiger partial charge >= 0.3 is 0 Å². The van der Waals surface area contributed by atoms with Gasteiger partial charge in [0, 0.05) is 6.16 Å². The van der Waals surface area contributed by atoms with Gasteiger partial charge in [0.15, 0.2) is 0 Å². The number of aliphatic hydroxyl groups is 1. The summed E-state index contributed by atoms with van der Waals surface area (Å²) in [6.45, 7) is 4.35. The summed E-state index contributed by atoms with van der Waals surface area (Å²) in [5.74, 6) is 1.58. The van der Waals surface area contributed by atoms with E-state index in [1.807, 2.05) is 48.5 Å². The van der Waals surface area contributed by atoms with Crippen molar-refractivity contribution in [3.05, 3.63) is 59.7 Å². The van der Waals surface area contributed by atoms with Crippen molar-refractivity contribution in [3.63, 3.8) is 0 Å². The van der Waals surface area contributed by atoms with Crippen molar-refractivity contribution >= 4 is 7.92 Å². The van der Waals surface area contributed by atoms with Crippen LogP contribution in [0.5, 0.6) is 11.5 Å². The highest BCUT2D eigenvalue weighted by Gasteiger charge is 2.32. The van der Waals surface area contributed by atoms with E-state index in [1.54, 1.807) is 14.2 Å². The zero-order valence-corrected chi connectivity index (χ0v) is 14.4. The monoisotopic (exact) mass is 318 g/mol. The Morgan fingerprint density at radius 2 is 1.18 bits per heavy atom. The van der Waals surface area contributed by atoms with E-state index < -0.39 is 5.60 Å². The maximum absolute atomic E-state index is 11.4. The molecule has 0 aliphatic heterocycles. The molecule has 22 heavy (non-hydrogen) atoms. The quantitative estimate of drug-likeness (QED) is 0.826. The molecule has 0 amide bonds. The molecular formula is C18H23O3P. The van der Waals surface area contributed by atoms with Gasteiger partial charge in [-0.3, -0.25) is 0 Å². The molecule has 0 unspecified atom stereocenters. The molecule has 118 valence electrons. The van der Waals surface area contributed by atoms with Gasteiger partial charge in [-0.15, -0.1) is 7.92 Å². The molecule has 0 spiro atoms. The van der Waals surface area contributed by atoms with E-state index >= 15 is 0 Å². The zero-order chi connectivity index (χ0) is 16.2. The summed E-state index contributed by atoms with van der Waals surface area (Å²) in [6, 6.07) is 15.3. The Kier molecular flexibility index (Phi) is 5.44. The second kappa shape index (κ2) is 7.13. The standard InChI is InChI=1S/C18H23O3P/c1-20-16-9-5-14(6-10-16)18(19,13-22(3)4)15-7-11-17(21-2)12-8-15/h5-12,19H,13H2,1-4H3. The van der Waals surface area contributed by atoms with E-state index in [-0.39, 0.29) is 7.92 Å². The van der Waals surface area contributed by atoms with Gasteiger partial charge in [-0.25, -0.2) is 0 Å². The van der Waals surface area contributed by atoms with Crippen molar-refractivity contribution in [2.75, 3.05) is 33.7 Å². The van der Waals surface area contributed by atoms with Crippen LogP contribution in [0.25, 0.3) is 0 Å². The molecule has 0 aliphatic rings. The van der Waals surface area contributed by atoms with Gasteiger partial charge in [-0.1, -0.05) is 24.3 Å². The third-order valence-electron chi connectivity index (χ3n) is 3.68. The first-order valence-electron chi connectivity index (χ1n) is 7.16. The maximum Gasteiger partial charge on any atom is 0.118 e. The Balaban J connectivity index is 2.44. The van der Waals surface area contributed by atoms with Crippen molar-refractivity contribution in [2.24, 2.45) is 0 Å². The van der Waals surface area contributed by atoms with Gasteiger partial charge in [-0.2, -0.15) is 0 Å². The molecule has 0 heterocycles. The smallest absolute Gasteiger partial charge is 0.118 e. The molecule has 0 aromatic heterocycles. The summed E-state index contributed by atoms with van der Waals surface area (Å²) < 4.78 is 10.4. The van der Waals surface area contributed by atoms with Gasteiger partial charge in [0.1, 0.15) is 17.1 Å². The number of methoxy groups -OCH3 is 2. The molecule has 0 aliphatic carbocycles. The van der Waals surface area contributed by atoms with E-state index in [0.717, 1.165) is 22.6 Å². The first-order chi connectivity index (χ1) is 10.5. The minimum atomic E-state index is -0.992. The van der Waals surface area contributed by atoms with E-state index in [4.69, 9.17) is 9.47 Å². The number of ether oxygens (including phenoxy) is 2. The topological polar surface area (TPSA) is 38.7 Å². The molecule has 0 atom stereocenters. The van der Waals surface area contributed by atoms with Gasteiger partial charge in [0.25, 0.3) is 0 Å². The largest absolute Gasteiger partial charge is 0.497 e. The lowest BCUT2D eigenvalue weighted by Gasteiger charge is -2.31. The Bertz CT molecular complexity index is 543. The van der Waals surface area contributed by atoms with Crippen LogP contribution < -0.4 is 9.47 Å². The third kappa shape index (κ3) is 3.60. The van der Waals surface area contributed by atoms with Gasteiger partial charge in [0.05, 0.1) is 14.2 Å². The fraction of sp³-hybridized carbons (Fsp3) is 0.333. The Morgan fingerprint density at radius 3 is 1.45 bits per heavy atom. The van der Waals surface area contributed by atoms with Gasteiger partial charge < -0.3 is 14.6 Å². The fourth-order valence-corrected chi connectivity index (χ4v) is 3.82. The van der Waals surface area contributed by atoms with Gasteiger partial charge in [-0.05, 0) is 48.7 Å². The van der Waals surface area contributed by atoms with Crippen LogP contribution in [-0.4, -0.2) is 38.8 Å². The highest BCUT2D eigenvalue weighted by Crippen LogP contribution is 2.41. The number of hydrogen-bond donors (Lipinski definition) is 1. The van der Waals surface area contributed by atoms with Crippen molar-refractivity contribution in [2.45, 2.75) is 5.60 Å². The summed E-state index contributed by atoms with van der Waals surface area (Å²) in [4.78, 5) is 0.